The number of benzene rings is 1. The van der Waals surface area contributed by atoms with Crippen LogP contribution in [0.5, 0.6) is 0 Å². The molecule has 24 heavy (non-hydrogen) atoms. The fourth-order valence-electron chi connectivity index (χ4n) is 3.76. The van der Waals surface area contributed by atoms with E-state index in [-0.39, 0.29) is 29.6 Å². The molecule has 2 bridgehead atoms. The Labute approximate surface area is 141 Å². The van der Waals surface area contributed by atoms with Crippen LogP contribution in [0.2, 0.25) is 0 Å². The molecule has 3 atom stereocenters. The highest BCUT2D eigenvalue weighted by Crippen LogP contribution is 2.40. The lowest BCUT2D eigenvalue weighted by Crippen LogP contribution is -2.41. The van der Waals surface area contributed by atoms with E-state index in [9.17, 15) is 14.4 Å². The van der Waals surface area contributed by atoms with E-state index < -0.39 is 6.10 Å². The summed E-state index contributed by atoms with van der Waals surface area (Å²) in [5.41, 5.74) is 0.670. The monoisotopic (exact) mass is 329 g/mol. The molecule has 1 aromatic carbocycles. The van der Waals surface area contributed by atoms with Crippen molar-refractivity contribution < 1.29 is 19.1 Å². The second-order valence-electron chi connectivity index (χ2n) is 6.83. The summed E-state index contributed by atoms with van der Waals surface area (Å²) in [5, 5.41) is 2.73. The summed E-state index contributed by atoms with van der Waals surface area (Å²) < 4.78 is 5.36. The Balaban J connectivity index is 1.54. The number of amides is 1. The van der Waals surface area contributed by atoms with Gasteiger partial charge in [-0.15, -0.1) is 0 Å². The number of rotatable bonds is 4. The highest BCUT2D eigenvalue weighted by molar-refractivity contribution is 5.95. The second-order valence-corrected chi connectivity index (χ2v) is 6.83. The van der Waals surface area contributed by atoms with E-state index in [1.54, 1.807) is 19.1 Å². The highest BCUT2D eigenvalue weighted by atomic mass is 16.5. The van der Waals surface area contributed by atoms with Crippen molar-refractivity contribution in [1.29, 1.82) is 0 Å². The number of hydrogen-bond donors (Lipinski definition) is 1. The van der Waals surface area contributed by atoms with E-state index in [0.717, 1.165) is 19.3 Å². The molecule has 0 spiro atoms. The van der Waals surface area contributed by atoms with Crippen LogP contribution in [-0.2, 0) is 19.1 Å². The fraction of sp³-hybridized carbons (Fsp3) is 0.526. The number of anilines is 1. The van der Waals surface area contributed by atoms with Crippen LogP contribution in [0, 0.1) is 17.8 Å². The van der Waals surface area contributed by atoms with Crippen molar-refractivity contribution in [2.24, 2.45) is 17.8 Å². The third-order valence-corrected chi connectivity index (χ3v) is 5.08. The first-order chi connectivity index (χ1) is 11.5. The van der Waals surface area contributed by atoms with Gasteiger partial charge in [0.2, 0.25) is 0 Å². The Morgan fingerprint density at radius 1 is 1.12 bits per heavy atom. The second kappa shape index (κ2) is 7.16. The summed E-state index contributed by atoms with van der Waals surface area (Å²) in [6, 6.07) is 9.06. The molecule has 5 nitrogen and oxygen atoms in total. The Hall–Kier alpha value is -2.17. The molecule has 5 heteroatoms. The summed E-state index contributed by atoms with van der Waals surface area (Å²) in [7, 11) is 0. The lowest BCUT2D eigenvalue weighted by atomic mass is 9.67. The van der Waals surface area contributed by atoms with Crippen LogP contribution >= 0.6 is 0 Å². The molecule has 1 aromatic rings. The van der Waals surface area contributed by atoms with Crippen LogP contribution in [-0.4, -0.2) is 23.8 Å². The minimum absolute atomic E-state index is 0.00324. The van der Waals surface area contributed by atoms with Crippen LogP contribution in [0.25, 0.3) is 0 Å². The Kier molecular flexibility index (Phi) is 4.97. The van der Waals surface area contributed by atoms with Gasteiger partial charge in [0.1, 0.15) is 5.78 Å². The molecular formula is C19H23NO4. The predicted octanol–water partition coefficient (Wildman–Crippen LogP) is 2.95. The van der Waals surface area contributed by atoms with Crippen molar-refractivity contribution in [1.82, 2.24) is 0 Å². The van der Waals surface area contributed by atoms with E-state index in [0.29, 0.717) is 24.3 Å². The molecule has 2 aliphatic carbocycles. The number of esters is 1. The summed E-state index contributed by atoms with van der Waals surface area (Å²) in [6.07, 6.45) is 3.11. The van der Waals surface area contributed by atoms with Crippen molar-refractivity contribution in [3.05, 3.63) is 30.3 Å². The van der Waals surface area contributed by atoms with Gasteiger partial charge in [0.15, 0.2) is 6.10 Å². The van der Waals surface area contributed by atoms with Crippen molar-refractivity contribution >= 4 is 23.3 Å². The smallest absolute Gasteiger partial charge is 0.309 e. The van der Waals surface area contributed by atoms with Gasteiger partial charge in [0.25, 0.3) is 5.91 Å². The van der Waals surface area contributed by atoms with Gasteiger partial charge in [-0.2, -0.15) is 0 Å². The number of ketones is 1. The first-order valence-electron chi connectivity index (χ1n) is 8.64. The molecule has 0 saturated heterocycles. The van der Waals surface area contributed by atoms with Gasteiger partial charge in [0, 0.05) is 17.5 Å². The van der Waals surface area contributed by atoms with Crippen molar-refractivity contribution in [2.75, 3.05) is 5.32 Å². The average Bonchev–Trinajstić information content (AvgIpc) is 2.55. The van der Waals surface area contributed by atoms with E-state index in [1.165, 1.54) is 0 Å². The maximum atomic E-state index is 12.4. The molecular weight excluding hydrogens is 306 g/mol. The van der Waals surface area contributed by atoms with Crippen LogP contribution in [0.3, 0.4) is 0 Å². The number of ether oxygens (including phenoxy) is 1. The lowest BCUT2D eigenvalue weighted by molar-refractivity contribution is -0.161. The van der Waals surface area contributed by atoms with Gasteiger partial charge in [-0.3, -0.25) is 14.4 Å². The summed E-state index contributed by atoms with van der Waals surface area (Å²) in [5.74, 6) is -0.631. The zero-order chi connectivity index (χ0) is 17.1. The number of hydrogen-bond acceptors (Lipinski definition) is 4. The summed E-state index contributed by atoms with van der Waals surface area (Å²) in [6.45, 7) is 1.57. The quantitative estimate of drug-likeness (QED) is 0.862. The molecule has 3 unspecified atom stereocenters. The number of nitrogens with one attached hydrogen (secondary N) is 1. The van der Waals surface area contributed by atoms with Gasteiger partial charge in [-0.25, -0.2) is 0 Å². The van der Waals surface area contributed by atoms with Gasteiger partial charge >= 0.3 is 5.97 Å². The third kappa shape index (κ3) is 3.66. The topological polar surface area (TPSA) is 72.5 Å². The summed E-state index contributed by atoms with van der Waals surface area (Å²) in [4.78, 5) is 36.6. The largest absolute Gasteiger partial charge is 0.452 e. The molecule has 2 saturated carbocycles. The van der Waals surface area contributed by atoms with E-state index in [2.05, 4.69) is 5.32 Å². The van der Waals surface area contributed by atoms with Crippen LogP contribution in [0.15, 0.2) is 30.3 Å². The first kappa shape index (κ1) is 16.7. The minimum atomic E-state index is -0.852. The molecule has 0 radical (unpaired) electrons. The van der Waals surface area contributed by atoms with Gasteiger partial charge in [-0.05, 0) is 44.7 Å². The van der Waals surface area contributed by atoms with Gasteiger partial charge in [-0.1, -0.05) is 24.6 Å². The van der Waals surface area contributed by atoms with Gasteiger partial charge < -0.3 is 10.1 Å². The van der Waals surface area contributed by atoms with Gasteiger partial charge in [0.05, 0.1) is 5.92 Å². The normalized spacial score (nSPS) is 27.2. The number of Topliss-reactive ketones (excluding diaryl/α,β-unsaturated/α-hetero) is 1. The molecule has 2 fully saturated rings. The minimum Gasteiger partial charge on any atom is -0.452 e. The molecule has 128 valence electrons. The van der Waals surface area contributed by atoms with E-state index >= 15 is 0 Å². The molecule has 1 N–H and O–H groups in total. The summed E-state index contributed by atoms with van der Waals surface area (Å²) >= 11 is 0. The SMILES string of the molecule is CC(OC(=O)C1CC2CCCC(C1)C2=O)C(=O)Nc1ccccc1. The van der Waals surface area contributed by atoms with Crippen molar-refractivity contribution in [3.8, 4) is 0 Å². The molecule has 3 rings (SSSR count). The predicted molar refractivity (Wildman–Crippen MR) is 89.2 cm³/mol. The maximum Gasteiger partial charge on any atom is 0.309 e. The first-order valence-corrected chi connectivity index (χ1v) is 8.64. The number of carbonyl (C=O) groups is 3. The number of para-hydroxylation sites is 1. The van der Waals surface area contributed by atoms with Crippen LogP contribution in [0.4, 0.5) is 5.69 Å². The average molecular weight is 329 g/mol. The van der Waals surface area contributed by atoms with E-state index in [4.69, 9.17) is 4.74 Å². The molecule has 1 amide bonds. The Bertz CT molecular complexity index is 612. The highest BCUT2D eigenvalue weighted by Gasteiger charge is 2.42. The van der Waals surface area contributed by atoms with Crippen molar-refractivity contribution in [3.63, 3.8) is 0 Å². The Morgan fingerprint density at radius 2 is 1.75 bits per heavy atom. The zero-order valence-corrected chi connectivity index (χ0v) is 13.9. The van der Waals surface area contributed by atoms with E-state index in [1.807, 2.05) is 18.2 Å². The molecule has 0 heterocycles. The molecule has 2 aliphatic rings. The third-order valence-electron chi connectivity index (χ3n) is 5.08. The lowest BCUT2D eigenvalue weighted by Gasteiger charge is -2.36. The number of carbonyl (C=O) groups excluding carboxylic acids is 3. The van der Waals surface area contributed by atoms with Crippen molar-refractivity contribution in [2.45, 2.75) is 45.1 Å². The maximum absolute atomic E-state index is 12.4. The number of fused-ring (bicyclic) bond motifs is 2. The molecule has 0 aromatic heterocycles. The fourth-order valence-corrected chi connectivity index (χ4v) is 3.76. The standard InChI is InChI=1S/C19H23NO4/c1-12(18(22)20-16-8-3-2-4-9-16)24-19(23)15-10-13-6-5-7-14(11-15)17(13)21/h2-4,8-9,12-15H,5-7,10-11H2,1H3,(H,20,22). The molecule has 0 aliphatic heterocycles. The van der Waals surface area contributed by atoms with Crippen LogP contribution < -0.4 is 5.32 Å². The Morgan fingerprint density at radius 3 is 2.38 bits per heavy atom. The zero-order valence-electron chi connectivity index (χ0n) is 13.9. The van der Waals surface area contributed by atoms with Crippen LogP contribution in [0.1, 0.15) is 39.0 Å².